The third kappa shape index (κ3) is 2.14. The first-order valence-electron chi connectivity index (χ1n) is 4.50. The molecule has 0 radical (unpaired) electrons. The molecule has 0 aromatic carbocycles. The van der Waals surface area contributed by atoms with E-state index < -0.39 is 12.1 Å². The molecule has 1 rings (SSSR count). The van der Waals surface area contributed by atoms with Gasteiger partial charge in [-0.3, -0.25) is 9.59 Å². The molecule has 1 saturated heterocycles. The van der Waals surface area contributed by atoms with Crippen LogP contribution in [0, 0.1) is 5.21 Å². The third-order valence-corrected chi connectivity index (χ3v) is 2.51. The Labute approximate surface area is 77.5 Å². The van der Waals surface area contributed by atoms with Gasteiger partial charge in [0.25, 0.3) is 0 Å². The van der Waals surface area contributed by atoms with Gasteiger partial charge in [0.2, 0.25) is 0 Å². The molecule has 1 aliphatic rings. The molecular weight excluding hydrogens is 170 g/mol. The van der Waals surface area contributed by atoms with Crippen LogP contribution in [0.15, 0.2) is 0 Å². The highest BCUT2D eigenvalue weighted by molar-refractivity contribution is 5.85. The summed E-state index contributed by atoms with van der Waals surface area (Å²) in [6.07, 6.45) is 1.96. The highest BCUT2D eigenvalue weighted by Gasteiger charge is 2.28. The monoisotopic (exact) mass is 184 g/mol. The standard InChI is InChI=1S/C9H14NO3/c1-6(11)8-4-3-5-9(7(2)12)10(8)13/h8-9H,3-5H2,1-2H3/q-1. The van der Waals surface area contributed by atoms with Crippen molar-refractivity contribution in [3.63, 3.8) is 0 Å². The predicted octanol–water partition coefficient (Wildman–Crippen LogP) is 0.885. The van der Waals surface area contributed by atoms with Crippen molar-refractivity contribution in [3.8, 4) is 0 Å². The summed E-state index contributed by atoms with van der Waals surface area (Å²) in [7, 11) is 0. The van der Waals surface area contributed by atoms with Crippen molar-refractivity contribution in [1.29, 1.82) is 0 Å². The van der Waals surface area contributed by atoms with Gasteiger partial charge in [0.05, 0.1) is 12.1 Å². The average molecular weight is 184 g/mol. The molecule has 1 fully saturated rings. The van der Waals surface area contributed by atoms with Crippen LogP contribution in [-0.2, 0) is 9.59 Å². The van der Waals surface area contributed by atoms with Crippen LogP contribution in [0.5, 0.6) is 0 Å². The van der Waals surface area contributed by atoms with Crippen LogP contribution in [0.4, 0.5) is 0 Å². The van der Waals surface area contributed by atoms with E-state index in [9.17, 15) is 14.8 Å². The van der Waals surface area contributed by atoms with E-state index in [0.717, 1.165) is 6.42 Å². The zero-order chi connectivity index (χ0) is 10.0. The third-order valence-electron chi connectivity index (χ3n) is 2.51. The Morgan fingerprint density at radius 1 is 1.15 bits per heavy atom. The Morgan fingerprint density at radius 3 is 1.85 bits per heavy atom. The second-order valence-electron chi connectivity index (χ2n) is 3.54. The lowest BCUT2D eigenvalue weighted by molar-refractivity contribution is -0.128. The number of nitrogens with zero attached hydrogens (tertiary/aromatic N) is 1. The molecule has 0 bridgehead atoms. The topological polar surface area (TPSA) is 60.4 Å². The highest BCUT2D eigenvalue weighted by atomic mass is 16.5. The number of hydrogen-bond acceptors (Lipinski definition) is 4. The van der Waals surface area contributed by atoms with Gasteiger partial charge < -0.3 is 10.3 Å². The van der Waals surface area contributed by atoms with E-state index >= 15 is 0 Å². The fourth-order valence-electron chi connectivity index (χ4n) is 1.74. The summed E-state index contributed by atoms with van der Waals surface area (Å²) < 4.78 is 0. The first-order valence-corrected chi connectivity index (χ1v) is 4.50. The van der Waals surface area contributed by atoms with Crippen LogP contribution in [0.1, 0.15) is 33.1 Å². The SMILES string of the molecule is CC(=O)C1CCCC(C(C)=O)N1[O-]. The molecule has 1 heterocycles. The average Bonchev–Trinajstić information content (AvgIpc) is 2.03. The fraction of sp³-hybridized carbons (Fsp3) is 0.778. The van der Waals surface area contributed by atoms with Crippen molar-refractivity contribution < 1.29 is 9.59 Å². The van der Waals surface area contributed by atoms with Gasteiger partial charge in [-0.05, 0) is 33.1 Å². The minimum atomic E-state index is -0.595. The van der Waals surface area contributed by atoms with Crippen LogP contribution in [0.3, 0.4) is 0 Å². The lowest BCUT2D eigenvalue weighted by Crippen LogP contribution is -2.49. The number of carbonyl (C=O) groups is 2. The van der Waals surface area contributed by atoms with Gasteiger partial charge in [0.1, 0.15) is 11.6 Å². The minimum Gasteiger partial charge on any atom is -0.784 e. The maximum atomic E-state index is 11.5. The molecule has 4 heteroatoms. The number of piperidine rings is 1. The first kappa shape index (κ1) is 10.3. The van der Waals surface area contributed by atoms with Gasteiger partial charge >= 0.3 is 0 Å². The number of hydrogen-bond donors (Lipinski definition) is 0. The molecule has 0 aromatic heterocycles. The molecule has 0 saturated carbocycles. The zero-order valence-corrected chi connectivity index (χ0v) is 7.95. The molecular formula is C9H14NO3-. The lowest BCUT2D eigenvalue weighted by atomic mass is 9.94. The summed E-state index contributed by atoms with van der Waals surface area (Å²) in [5.74, 6) is -0.276. The quantitative estimate of drug-likeness (QED) is 0.639. The molecule has 0 amide bonds. The van der Waals surface area contributed by atoms with E-state index in [-0.39, 0.29) is 11.6 Å². The van der Waals surface area contributed by atoms with Crippen LogP contribution in [0.25, 0.3) is 0 Å². The summed E-state index contributed by atoms with van der Waals surface area (Å²) in [6.45, 7) is 2.80. The van der Waals surface area contributed by atoms with Gasteiger partial charge in [-0.2, -0.15) is 0 Å². The van der Waals surface area contributed by atoms with E-state index in [1.54, 1.807) is 0 Å². The van der Waals surface area contributed by atoms with E-state index in [2.05, 4.69) is 0 Å². The summed E-state index contributed by atoms with van der Waals surface area (Å²) in [4.78, 5) is 22.0. The number of hydroxylamine groups is 2. The second kappa shape index (κ2) is 3.98. The summed E-state index contributed by atoms with van der Waals surface area (Å²) in [6, 6.07) is -1.19. The molecule has 2 atom stereocenters. The first-order chi connectivity index (χ1) is 6.04. The predicted molar refractivity (Wildman–Crippen MR) is 48.0 cm³/mol. The highest BCUT2D eigenvalue weighted by Crippen LogP contribution is 2.22. The van der Waals surface area contributed by atoms with Crippen molar-refractivity contribution in [2.24, 2.45) is 0 Å². The normalized spacial score (nSPS) is 30.1. The molecule has 4 nitrogen and oxygen atoms in total. The number of carbonyl (C=O) groups excluding carboxylic acids is 2. The molecule has 74 valence electrons. The van der Waals surface area contributed by atoms with Crippen LogP contribution in [-0.4, -0.2) is 28.7 Å². The molecule has 1 aliphatic heterocycles. The van der Waals surface area contributed by atoms with Crippen molar-refractivity contribution >= 4 is 11.6 Å². The van der Waals surface area contributed by atoms with Gasteiger partial charge in [-0.15, -0.1) is 0 Å². The Morgan fingerprint density at radius 2 is 1.54 bits per heavy atom. The minimum absolute atomic E-state index is 0.138. The Balaban J connectivity index is 2.71. The van der Waals surface area contributed by atoms with Crippen LogP contribution in [0.2, 0.25) is 0 Å². The zero-order valence-electron chi connectivity index (χ0n) is 7.95. The molecule has 0 N–H and O–H groups in total. The van der Waals surface area contributed by atoms with Crippen molar-refractivity contribution in [2.45, 2.75) is 45.2 Å². The number of rotatable bonds is 2. The summed E-state index contributed by atoms with van der Waals surface area (Å²) >= 11 is 0. The van der Waals surface area contributed by atoms with Crippen molar-refractivity contribution in [1.82, 2.24) is 5.06 Å². The van der Waals surface area contributed by atoms with Gasteiger partial charge in [-0.25, -0.2) is 0 Å². The summed E-state index contributed by atoms with van der Waals surface area (Å²) in [5.41, 5.74) is 0. The second-order valence-corrected chi connectivity index (χ2v) is 3.54. The van der Waals surface area contributed by atoms with Gasteiger partial charge in [-0.1, -0.05) is 0 Å². The van der Waals surface area contributed by atoms with Crippen LogP contribution < -0.4 is 0 Å². The van der Waals surface area contributed by atoms with E-state index in [1.807, 2.05) is 0 Å². The maximum Gasteiger partial charge on any atom is 0.145 e. The lowest BCUT2D eigenvalue weighted by Gasteiger charge is -2.44. The number of Topliss-reactive ketones (excluding diaryl/α,β-unsaturated/α-hetero) is 2. The van der Waals surface area contributed by atoms with E-state index in [4.69, 9.17) is 0 Å². The maximum absolute atomic E-state index is 11.5. The molecule has 0 spiro atoms. The van der Waals surface area contributed by atoms with Crippen molar-refractivity contribution in [2.75, 3.05) is 0 Å². The fourth-order valence-corrected chi connectivity index (χ4v) is 1.74. The molecule has 0 aromatic rings. The van der Waals surface area contributed by atoms with Crippen molar-refractivity contribution in [3.05, 3.63) is 5.21 Å². The van der Waals surface area contributed by atoms with Crippen LogP contribution >= 0.6 is 0 Å². The van der Waals surface area contributed by atoms with Gasteiger partial charge in [0, 0.05) is 0 Å². The molecule has 2 unspecified atom stereocenters. The number of ketones is 2. The van der Waals surface area contributed by atoms with E-state index in [0.29, 0.717) is 17.9 Å². The van der Waals surface area contributed by atoms with E-state index in [1.165, 1.54) is 13.8 Å². The Hall–Kier alpha value is -0.740. The molecule has 0 aliphatic carbocycles. The smallest absolute Gasteiger partial charge is 0.145 e. The van der Waals surface area contributed by atoms with Gasteiger partial charge in [0.15, 0.2) is 0 Å². The summed E-state index contributed by atoms with van der Waals surface area (Å²) in [5, 5.41) is 12.2. The Bertz CT molecular complexity index is 205. The Kier molecular flexibility index (Phi) is 3.17. The molecule has 13 heavy (non-hydrogen) atoms. The largest absolute Gasteiger partial charge is 0.784 e.